The van der Waals surface area contributed by atoms with Crippen LogP contribution >= 0.6 is 11.8 Å². The Morgan fingerprint density at radius 2 is 2.05 bits per heavy atom. The van der Waals surface area contributed by atoms with Crippen molar-refractivity contribution in [1.82, 2.24) is 4.98 Å². The van der Waals surface area contributed by atoms with Gasteiger partial charge in [-0.2, -0.15) is 0 Å². The number of rotatable bonds is 4. The van der Waals surface area contributed by atoms with Crippen LogP contribution in [0.15, 0.2) is 35.4 Å². The number of thioether (sulfide) groups is 1. The van der Waals surface area contributed by atoms with E-state index >= 15 is 0 Å². The van der Waals surface area contributed by atoms with E-state index in [-0.39, 0.29) is 0 Å². The molecule has 110 valence electrons. The number of fused-ring (bicyclic) bond motifs is 1. The summed E-state index contributed by atoms with van der Waals surface area (Å²) in [6.45, 7) is 2.72. The average Bonchev–Trinajstić information content (AvgIpc) is 2.52. The van der Waals surface area contributed by atoms with Crippen LogP contribution in [-0.2, 0) is 25.1 Å². The molecule has 0 atom stereocenters. The van der Waals surface area contributed by atoms with Crippen molar-refractivity contribution in [2.45, 2.75) is 49.9 Å². The van der Waals surface area contributed by atoms with Gasteiger partial charge in [0.1, 0.15) is 5.03 Å². The summed E-state index contributed by atoms with van der Waals surface area (Å²) in [4.78, 5) is 4.90. The van der Waals surface area contributed by atoms with Crippen LogP contribution < -0.4 is 5.73 Å². The molecule has 3 rings (SSSR count). The summed E-state index contributed by atoms with van der Waals surface area (Å²) in [5.41, 5.74) is 12.5. The van der Waals surface area contributed by atoms with E-state index in [1.54, 1.807) is 0 Å². The van der Waals surface area contributed by atoms with Crippen molar-refractivity contribution in [3.63, 3.8) is 0 Å². The van der Waals surface area contributed by atoms with E-state index in [2.05, 4.69) is 37.3 Å². The fourth-order valence-corrected chi connectivity index (χ4v) is 3.87. The molecule has 1 aliphatic rings. The number of aryl methyl sites for hydroxylation is 3. The Kier molecular flexibility index (Phi) is 4.61. The van der Waals surface area contributed by atoms with E-state index in [1.807, 2.05) is 11.8 Å². The van der Waals surface area contributed by atoms with Crippen LogP contribution in [0.4, 0.5) is 0 Å². The van der Waals surface area contributed by atoms with Gasteiger partial charge in [0.25, 0.3) is 0 Å². The zero-order valence-electron chi connectivity index (χ0n) is 12.6. The first-order valence-corrected chi connectivity index (χ1v) is 8.65. The molecule has 1 aromatic heterocycles. The molecule has 1 heterocycles. The summed E-state index contributed by atoms with van der Waals surface area (Å²) >= 11 is 1.82. The van der Waals surface area contributed by atoms with E-state index in [1.165, 1.54) is 40.8 Å². The van der Waals surface area contributed by atoms with E-state index in [4.69, 9.17) is 10.7 Å². The first kappa shape index (κ1) is 14.6. The average molecular weight is 298 g/mol. The maximum Gasteiger partial charge on any atom is 0.101 e. The third-order valence-electron chi connectivity index (χ3n) is 4.02. The molecule has 21 heavy (non-hydrogen) atoms. The van der Waals surface area contributed by atoms with Gasteiger partial charge in [0.15, 0.2) is 0 Å². The van der Waals surface area contributed by atoms with Crippen molar-refractivity contribution in [3.05, 3.63) is 58.3 Å². The Balaban J connectivity index is 1.81. The molecule has 2 aromatic rings. The van der Waals surface area contributed by atoms with Crippen LogP contribution in [0.3, 0.4) is 0 Å². The van der Waals surface area contributed by atoms with Gasteiger partial charge in [0, 0.05) is 18.0 Å². The van der Waals surface area contributed by atoms with E-state index in [0.29, 0.717) is 6.54 Å². The first-order chi connectivity index (χ1) is 10.3. The number of nitrogens with two attached hydrogens (primary N) is 1. The molecular formula is C18H22N2S. The molecule has 0 aliphatic heterocycles. The second kappa shape index (κ2) is 6.63. The van der Waals surface area contributed by atoms with Gasteiger partial charge in [-0.3, -0.25) is 0 Å². The molecule has 2 nitrogen and oxygen atoms in total. The highest BCUT2D eigenvalue weighted by Crippen LogP contribution is 2.29. The Hall–Kier alpha value is -1.32. The molecule has 0 unspecified atom stereocenters. The van der Waals surface area contributed by atoms with Crippen molar-refractivity contribution < 1.29 is 0 Å². The highest BCUT2D eigenvalue weighted by Gasteiger charge is 2.14. The maximum absolute atomic E-state index is 5.92. The lowest BCUT2D eigenvalue weighted by Crippen LogP contribution is -2.10. The van der Waals surface area contributed by atoms with Gasteiger partial charge in [0.05, 0.1) is 0 Å². The van der Waals surface area contributed by atoms with Gasteiger partial charge >= 0.3 is 0 Å². The van der Waals surface area contributed by atoms with Crippen molar-refractivity contribution in [1.29, 1.82) is 0 Å². The number of aromatic nitrogens is 1. The molecule has 1 aromatic carbocycles. The third kappa shape index (κ3) is 3.47. The van der Waals surface area contributed by atoms with Gasteiger partial charge in [-0.05, 0) is 49.3 Å². The lowest BCUT2D eigenvalue weighted by atomic mass is 9.95. The molecule has 1 aliphatic carbocycles. The van der Waals surface area contributed by atoms with Gasteiger partial charge in [-0.25, -0.2) is 4.98 Å². The molecule has 0 saturated heterocycles. The maximum atomic E-state index is 5.92. The monoisotopic (exact) mass is 298 g/mol. The highest BCUT2D eigenvalue weighted by atomic mass is 32.2. The summed E-state index contributed by atoms with van der Waals surface area (Å²) in [7, 11) is 0. The lowest BCUT2D eigenvalue weighted by Gasteiger charge is -2.18. The standard InChI is InChI=1S/C18H22N2S/c1-13-5-4-6-14(9-13)12-21-18-16(11-19)10-15-7-2-3-8-17(15)20-18/h4-6,9-10H,2-3,7-8,11-12,19H2,1H3. The van der Waals surface area contributed by atoms with E-state index in [0.717, 1.165) is 23.6 Å². The zero-order valence-corrected chi connectivity index (χ0v) is 13.4. The normalized spacial score (nSPS) is 14.0. The molecule has 0 saturated carbocycles. The summed E-state index contributed by atoms with van der Waals surface area (Å²) in [5, 5.41) is 1.12. The SMILES string of the molecule is Cc1cccc(CSc2nc3c(cc2CN)CCCC3)c1. The summed E-state index contributed by atoms with van der Waals surface area (Å²) in [6, 6.07) is 11.0. The minimum absolute atomic E-state index is 0.580. The largest absolute Gasteiger partial charge is 0.326 e. The molecule has 0 fully saturated rings. The van der Waals surface area contributed by atoms with Crippen molar-refractivity contribution in [3.8, 4) is 0 Å². The van der Waals surface area contributed by atoms with Gasteiger partial charge in [-0.1, -0.05) is 35.9 Å². The van der Waals surface area contributed by atoms with E-state index in [9.17, 15) is 0 Å². The Morgan fingerprint density at radius 3 is 2.86 bits per heavy atom. The number of hydrogen-bond acceptors (Lipinski definition) is 3. The topological polar surface area (TPSA) is 38.9 Å². The highest BCUT2D eigenvalue weighted by molar-refractivity contribution is 7.98. The predicted octanol–water partition coefficient (Wildman–Crippen LogP) is 4.02. The van der Waals surface area contributed by atoms with Crippen molar-refractivity contribution in [2.75, 3.05) is 0 Å². The van der Waals surface area contributed by atoms with Crippen LogP contribution in [0.2, 0.25) is 0 Å². The zero-order chi connectivity index (χ0) is 14.7. The Bertz CT molecular complexity index is 637. The van der Waals surface area contributed by atoms with E-state index < -0.39 is 0 Å². The van der Waals surface area contributed by atoms with Crippen molar-refractivity contribution in [2.24, 2.45) is 5.73 Å². The fourth-order valence-electron chi connectivity index (χ4n) is 2.89. The van der Waals surface area contributed by atoms with Gasteiger partial charge < -0.3 is 5.73 Å². The first-order valence-electron chi connectivity index (χ1n) is 7.66. The van der Waals surface area contributed by atoms with Crippen LogP contribution in [0, 0.1) is 6.92 Å². The number of hydrogen-bond donors (Lipinski definition) is 1. The smallest absolute Gasteiger partial charge is 0.101 e. The summed E-state index contributed by atoms with van der Waals surface area (Å²) < 4.78 is 0. The van der Waals surface area contributed by atoms with Crippen LogP contribution in [-0.4, -0.2) is 4.98 Å². The second-order valence-electron chi connectivity index (χ2n) is 5.75. The minimum atomic E-state index is 0.580. The number of benzene rings is 1. The van der Waals surface area contributed by atoms with Crippen LogP contribution in [0.1, 0.15) is 40.8 Å². The summed E-state index contributed by atoms with van der Waals surface area (Å²) in [5.74, 6) is 0.959. The van der Waals surface area contributed by atoms with Crippen molar-refractivity contribution >= 4 is 11.8 Å². The van der Waals surface area contributed by atoms with Crippen LogP contribution in [0.5, 0.6) is 0 Å². The fraction of sp³-hybridized carbons (Fsp3) is 0.389. The molecule has 0 bridgehead atoms. The molecule has 3 heteroatoms. The molecule has 0 radical (unpaired) electrons. The minimum Gasteiger partial charge on any atom is -0.326 e. The quantitative estimate of drug-likeness (QED) is 0.867. The molecule has 0 amide bonds. The lowest BCUT2D eigenvalue weighted by molar-refractivity contribution is 0.656. The van der Waals surface area contributed by atoms with Gasteiger partial charge in [0.2, 0.25) is 0 Å². The molecule has 0 spiro atoms. The van der Waals surface area contributed by atoms with Crippen LogP contribution in [0.25, 0.3) is 0 Å². The number of pyridine rings is 1. The second-order valence-corrected chi connectivity index (χ2v) is 6.71. The number of nitrogens with zero attached hydrogens (tertiary/aromatic N) is 1. The molecule has 2 N–H and O–H groups in total. The third-order valence-corrected chi connectivity index (χ3v) is 5.12. The summed E-state index contributed by atoms with van der Waals surface area (Å²) in [6.07, 6.45) is 4.84. The van der Waals surface area contributed by atoms with Gasteiger partial charge in [-0.15, -0.1) is 11.8 Å². The molecular weight excluding hydrogens is 276 g/mol. The Morgan fingerprint density at radius 1 is 1.19 bits per heavy atom. The Labute approximate surface area is 131 Å². The predicted molar refractivity (Wildman–Crippen MR) is 89.5 cm³/mol.